The van der Waals surface area contributed by atoms with Gasteiger partial charge in [0.1, 0.15) is 0 Å². The van der Waals surface area contributed by atoms with Crippen LogP contribution in [0.15, 0.2) is 30.3 Å². The second-order valence-electron chi connectivity index (χ2n) is 5.04. The van der Waals surface area contributed by atoms with E-state index in [1.54, 1.807) is 0 Å². The minimum absolute atomic E-state index is 0. The largest absolute Gasteiger partial charge is 0.342 e. The lowest BCUT2D eigenvalue weighted by Crippen LogP contribution is -2.30. The summed E-state index contributed by atoms with van der Waals surface area (Å²) >= 11 is 0. The molecule has 1 aromatic rings. The quantitative estimate of drug-likeness (QED) is 0.897. The number of hydrogen-bond donors (Lipinski definition) is 1. The van der Waals surface area contributed by atoms with Gasteiger partial charge in [0.15, 0.2) is 0 Å². The summed E-state index contributed by atoms with van der Waals surface area (Å²) in [6.45, 7) is 2.87. The molecule has 106 valence electrons. The zero-order valence-corrected chi connectivity index (χ0v) is 12.3. The Kier molecular flexibility index (Phi) is 6.89. The van der Waals surface area contributed by atoms with Crippen LogP contribution in [0, 0.1) is 5.92 Å². The number of hydrogen-bond acceptors (Lipinski definition) is 2. The average molecular weight is 283 g/mol. The first-order chi connectivity index (χ1) is 8.79. The van der Waals surface area contributed by atoms with E-state index < -0.39 is 0 Å². The van der Waals surface area contributed by atoms with Crippen LogP contribution in [-0.4, -0.2) is 37.5 Å². The zero-order valence-electron chi connectivity index (χ0n) is 11.5. The molecule has 0 aliphatic carbocycles. The van der Waals surface area contributed by atoms with Gasteiger partial charge in [-0.3, -0.25) is 4.79 Å². The minimum Gasteiger partial charge on any atom is -0.342 e. The van der Waals surface area contributed by atoms with Gasteiger partial charge in [-0.2, -0.15) is 0 Å². The van der Waals surface area contributed by atoms with Crippen LogP contribution in [0.2, 0.25) is 0 Å². The van der Waals surface area contributed by atoms with Crippen LogP contribution in [0.3, 0.4) is 0 Å². The third-order valence-electron chi connectivity index (χ3n) is 3.60. The first kappa shape index (κ1) is 16.0. The second kappa shape index (κ2) is 8.18. The summed E-state index contributed by atoms with van der Waals surface area (Å²) in [4.78, 5) is 14.1. The standard InChI is InChI=1S/C15H22N2O.ClH/c1-16-11-14-9-10-17(12-14)15(18)8-7-13-5-3-2-4-6-13;/h2-6,14,16H,7-12H2,1H3;1H. The highest BCUT2D eigenvalue weighted by Crippen LogP contribution is 2.16. The maximum Gasteiger partial charge on any atom is 0.222 e. The number of halogens is 1. The molecule has 0 radical (unpaired) electrons. The molecule has 1 aliphatic rings. The smallest absolute Gasteiger partial charge is 0.222 e. The van der Waals surface area contributed by atoms with Crippen molar-refractivity contribution < 1.29 is 4.79 Å². The van der Waals surface area contributed by atoms with E-state index in [9.17, 15) is 4.79 Å². The average Bonchev–Trinajstić information content (AvgIpc) is 2.86. The van der Waals surface area contributed by atoms with E-state index in [4.69, 9.17) is 0 Å². The van der Waals surface area contributed by atoms with Crippen LogP contribution in [0.1, 0.15) is 18.4 Å². The van der Waals surface area contributed by atoms with Crippen LogP contribution in [0.25, 0.3) is 0 Å². The van der Waals surface area contributed by atoms with Gasteiger partial charge in [0, 0.05) is 19.5 Å². The van der Waals surface area contributed by atoms with Crippen molar-refractivity contribution in [1.82, 2.24) is 10.2 Å². The normalized spacial score (nSPS) is 18.2. The first-order valence-electron chi connectivity index (χ1n) is 6.76. The van der Waals surface area contributed by atoms with Crippen LogP contribution in [0.4, 0.5) is 0 Å². The van der Waals surface area contributed by atoms with Gasteiger partial charge < -0.3 is 10.2 Å². The molecular formula is C15H23ClN2O. The van der Waals surface area contributed by atoms with Crippen molar-refractivity contribution in [3.8, 4) is 0 Å². The van der Waals surface area contributed by atoms with Crippen LogP contribution < -0.4 is 5.32 Å². The lowest BCUT2D eigenvalue weighted by atomic mass is 10.1. The molecule has 1 heterocycles. The summed E-state index contributed by atoms with van der Waals surface area (Å²) in [5.41, 5.74) is 1.25. The van der Waals surface area contributed by atoms with E-state index in [0.29, 0.717) is 18.2 Å². The third-order valence-corrected chi connectivity index (χ3v) is 3.60. The molecule has 1 fully saturated rings. The molecule has 1 saturated heterocycles. The van der Waals surface area contributed by atoms with E-state index in [2.05, 4.69) is 17.4 Å². The summed E-state index contributed by atoms with van der Waals surface area (Å²) in [5, 5.41) is 3.19. The number of nitrogens with one attached hydrogen (secondary N) is 1. The molecule has 2 rings (SSSR count). The van der Waals surface area contributed by atoms with Gasteiger partial charge in [0.25, 0.3) is 0 Å². The van der Waals surface area contributed by atoms with Crippen molar-refractivity contribution in [2.45, 2.75) is 19.3 Å². The molecule has 19 heavy (non-hydrogen) atoms. The van der Waals surface area contributed by atoms with Crippen molar-refractivity contribution >= 4 is 18.3 Å². The van der Waals surface area contributed by atoms with E-state index in [1.165, 1.54) is 5.56 Å². The molecule has 1 unspecified atom stereocenters. The highest BCUT2D eigenvalue weighted by atomic mass is 35.5. The molecule has 1 aromatic carbocycles. The van der Waals surface area contributed by atoms with Crippen molar-refractivity contribution in [2.24, 2.45) is 5.92 Å². The highest BCUT2D eigenvalue weighted by molar-refractivity contribution is 5.85. The van der Waals surface area contributed by atoms with E-state index in [0.717, 1.165) is 32.5 Å². The number of benzene rings is 1. The molecular weight excluding hydrogens is 260 g/mol. The van der Waals surface area contributed by atoms with Gasteiger partial charge in [0.2, 0.25) is 5.91 Å². The highest BCUT2D eigenvalue weighted by Gasteiger charge is 2.25. The Bertz CT molecular complexity index is 383. The number of carbonyl (C=O) groups excluding carboxylic acids is 1. The fourth-order valence-electron chi connectivity index (χ4n) is 2.57. The van der Waals surface area contributed by atoms with Gasteiger partial charge in [0.05, 0.1) is 0 Å². The Morgan fingerprint density at radius 2 is 2.11 bits per heavy atom. The maximum atomic E-state index is 12.1. The lowest BCUT2D eigenvalue weighted by molar-refractivity contribution is -0.130. The number of aryl methyl sites for hydroxylation is 1. The van der Waals surface area contributed by atoms with Gasteiger partial charge in [-0.1, -0.05) is 30.3 Å². The Morgan fingerprint density at radius 1 is 1.37 bits per heavy atom. The summed E-state index contributed by atoms with van der Waals surface area (Å²) in [7, 11) is 1.97. The Balaban J connectivity index is 0.00000180. The van der Waals surface area contributed by atoms with Crippen LogP contribution >= 0.6 is 12.4 Å². The molecule has 0 saturated carbocycles. The van der Waals surface area contributed by atoms with Crippen molar-refractivity contribution in [1.29, 1.82) is 0 Å². The Morgan fingerprint density at radius 3 is 2.79 bits per heavy atom. The van der Waals surface area contributed by atoms with E-state index in [-0.39, 0.29) is 12.4 Å². The number of amides is 1. The Labute approximate surface area is 121 Å². The maximum absolute atomic E-state index is 12.1. The predicted octanol–water partition coefficient (Wildman–Crippen LogP) is 2.11. The van der Waals surface area contributed by atoms with E-state index >= 15 is 0 Å². The number of carbonyl (C=O) groups is 1. The van der Waals surface area contributed by atoms with Crippen molar-refractivity contribution in [3.63, 3.8) is 0 Å². The van der Waals surface area contributed by atoms with Gasteiger partial charge in [-0.05, 0) is 37.9 Å². The number of likely N-dealkylation sites (tertiary alicyclic amines) is 1. The summed E-state index contributed by atoms with van der Waals surface area (Å²) < 4.78 is 0. The predicted molar refractivity (Wildman–Crippen MR) is 80.6 cm³/mol. The zero-order chi connectivity index (χ0) is 12.8. The summed E-state index contributed by atoms with van der Waals surface area (Å²) in [6, 6.07) is 10.2. The minimum atomic E-state index is 0. The topological polar surface area (TPSA) is 32.3 Å². The molecule has 3 nitrogen and oxygen atoms in total. The molecule has 1 atom stereocenters. The van der Waals surface area contributed by atoms with Crippen molar-refractivity contribution in [2.75, 3.05) is 26.7 Å². The van der Waals surface area contributed by atoms with Gasteiger partial charge in [-0.25, -0.2) is 0 Å². The molecule has 1 N–H and O–H groups in total. The molecule has 0 aromatic heterocycles. The SMILES string of the molecule is CNCC1CCN(C(=O)CCc2ccccc2)C1.Cl. The van der Waals surface area contributed by atoms with Gasteiger partial charge >= 0.3 is 0 Å². The molecule has 1 amide bonds. The second-order valence-corrected chi connectivity index (χ2v) is 5.04. The molecule has 1 aliphatic heterocycles. The number of rotatable bonds is 5. The fourth-order valence-corrected chi connectivity index (χ4v) is 2.57. The molecule has 0 spiro atoms. The number of nitrogens with zero attached hydrogens (tertiary/aromatic N) is 1. The monoisotopic (exact) mass is 282 g/mol. The molecule has 4 heteroatoms. The van der Waals surface area contributed by atoms with Gasteiger partial charge in [-0.15, -0.1) is 12.4 Å². The third kappa shape index (κ3) is 4.84. The summed E-state index contributed by atoms with van der Waals surface area (Å²) in [5.74, 6) is 0.938. The first-order valence-corrected chi connectivity index (χ1v) is 6.76. The van der Waals surface area contributed by atoms with Crippen LogP contribution in [0.5, 0.6) is 0 Å². The lowest BCUT2D eigenvalue weighted by Gasteiger charge is -2.16. The Hall–Kier alpha value is -1.06. The fraction of sp³-hybridized carbons (Fsp3) is 0.533. The van der Waals surface area contributed by atoms with Crippen molar-refractivity contribution in [3.05, 3.63) is 35.9 Å². The summed E-state index contributed by atoms with van der Waals surface area (Å²) in [6.07, 6.45) is 2.63. The van der Waals surface area contributed by atoms with Crippen LogP contribution in [-0.2, 0) is 11.2 Å². The van der Waals surface area contributed by atoms with E-state index in [1.807, 2.05) is 30.1 Å². The molecule has 0 bridgehead atoms.